The Labute approximate surface area is 133 Å². The third kappa shape index (κ3) is 3.57. The molecule has 0 radical (unpaired) electrons. The van der Waals surface area contributed by atoms with Gasteiger partial charge in [0.15, 0.2) is 0 Å². The first kappa shape index (κ1) is 14.8. The molecule has 0 bridgehead atoms. The first-order chi connectivity index (χ1) is 10.7. The first-order valence-corrected chi connectivity index (χ1v) is 8.24. The molecule has 0 aliphatic carbocycles. The fourth-order valence-electron chi connectivity index (χ4n) is 2.18. The quantitative estimate of drug-likeness (QED) is 0.653. The molecule has 0 unspecified atom stereocenters. The van der Waals surface area contributed by atoms with E-state index in [0.29, 0.717) is 0 Å². The van der Waals surface area contributed by atoms with Gasteiger partial charge in [0.2, 0.25) is 0 Å². The maximum absolute atomic E-state index is 13.2. The van der Waals surface area contributed by atoms with Crippen LogP contribution in [0.15, 0.2) is 48.9 Å². The predicted octanol–water partition coefficient (Wildman–Crippen LogP) is 3.45. The van der Waals surface area contributed by atoms with E-state index in [1.807, 2.05) is 49.4 Å². The zero-order valence-corrected chi connectivity index (χ0v) is 13.1. The number of halogens is 1. The van der Waals surface area contributed by atoms with Crippen LogP contribution in [0.4, 0.5) is 4.39 Å². The van der Waals surface area contributed by atoms with Crippen molar-refractivity contribution in [1.82, 2.24) is 19.3 Å². The van der Waals surface area contributed by atoms with E-state index >= 15 is 0 Å². The Balaban J connectivity index is 1.53. The summed E-state index contributed by atoms with van der Waals surface area (Å²) in [5, 5.41) is 4.48. The number of nitrogens with zero attached hydrogens (tertiary/aromatic N) is 4. The Morgan fingerprint density at radius 1 is 1.23 bits per heavy atom. The van der Waals surface area contributed by atoms with Gasteiger partial charge >= 0.3 is 0 Å². The van der Waals surface area contributed by atoms with Crippen molar-refractivity contribution in [1.29, 1.82) is 0 Å². The number of hydrogen-bond acceptors (Lipinski definition) is 3. The highest BCUT2D eigenvalue weighted by molar-refractivity contribution is 7.98. The Morgan fingerprint density at radius 3 is 2.91 bits per heavy atom. The van der Waals surface area contributed by atoms with Crippen molar-refractivity contribution in [2.75, 3.05) is 5.75 Å². The summed E-state index contributed by atoms with van der Waals surface area (Å²) in [5.74, 6) is 2.63. The van der Waals surface area contributed by atoms with Crippen LogP contribution in [0.2, 0.25) is 0 Å². The standard InChI is InChI=1S/C16H17FN4S/c1-13-18-6-8-20(13)9-10-22-12-15-5-7-21(19-15)16-4-2-3-14(17)11-16/h2-8,11H,9-10,12H2,1H3. The number of benzene rings is 1. The van der Waals surface area contributed by atoms with Crippen molar-refractivity contribution >= 4 is 11.8 Å². The van der Waals surface area contributed by atoms with Gasteiger partial charge in [-0.2, -0.15) is 16.9 Å². The minimum absolute atomic E-state index is 0.250. The molecule has 6 heteroatoms. The molecular weight excluding hydrogens is 299 g/mol. The van der Waals surface area contributed by atoms with Crippen LogP contribution in [0, 0.1) is 12.7 Å². The Kier molecular flexibility index (Phi) is 4.58. The third-order valence-corrected chi connectivity index (χ3v) is 4.34. The highest BCUT2D eigenvalue weighted by Crippen LogP contribution is 2.14. The van der Waals surface area contributed by atoms with Crippen molar-refractivity contribution in [3.8, 4) is 5.69 Å². The van der Waals surface area contributed by atoms with Gasteiger partial charge in [-0.25, -0.2) is 14.1 Å². The monoisotopic (exact) mass is 316 g/mol. The fraction of sp³-hybridized carbons (Fsp3) is 0.250. The van der Waals surface area contributed by atoms with Gasteiger partial charge in [-0.1, -0.05) is 6.07 Å². The van der Waals surface area contributed by atoms with E-state index in [1.54, 1.807) is 10.7 Å². The van der Waals surface area contributed by atoms with E-state index in [0.717, 1.165) is 35.3 Å². The summed E-state index contributed by atoms with van der Waals surface area (Å²) < 4.78 is 17.1. The molecule has 0 amide bonds. The molecule has 0 spiro atoms. The summed E-state index contributed by atoms with van der Waals surface area (Å²) in [6.07, 6.45) is 5.68. The molecule has 3 aromatic rings. The zero-order valence-electron chi connectivity index (χ0n) is 12.3. The predicted molar refractivity (Wildman–Crippen MR) is 86.6 cm³/mol. The van der Waals surface area contributed by atoms with Crippen LogP contribution in [-0.4, -0.2) is 25.1 Å². The molecule has 2 aromatic heterocycles. The zero-order chi connectivity index (χ0) is 15.4. The molecule has 0 fully saturated rings. The molecule has 0 atom stereocenters. The Morgan fingerprint density at radius 2 is 2.14 bits per heavy atom. The molecule has 1 aromatic carbocycles. The lowest BCUT2D eigenvalue weighted by Gasteiger charge is -2.04. The number of thioether (sulfide) groups is 1. The van der Waals surface area contributed by atoms with Gasteiger partial charge in [0.25, 0.3) is 0 Å². The van der Waals surface area contributed by atoms with Crippen molar-refractivity contribution < 1.29 is 4.39 Å². The molecule has 0 aliphatic rings. The van der Waals surface area contributed by atoms with E-state index in [9.17, 15) is 4.39 Å². The Hall–Kier alpha value is -2.08. The molecule has 3 rings (SSSR count). The molecule has 0 N–H and O–H groups in total. The Bertz CT molecular complexity index is 750. The number of imidazole rings is 1. The van der Waals surface area contributed by atoms with E-state index in [4.69, 9.17) is 0 Å². The molecule has 2 heterocycles. The fourth-order valence-corrected chi connectivity index (χ4v) is 3.01. The second kappa shape index (κ2) is 6.79. The lowest BCUT2D eigenvalue weighted by Crippen LogP contribution is -2.02. The number of rotatable bonds is 6. The lowest BCUT2D eigenvalue weighted by atomic mass is 10.3. The van der Waals surface area contributed by atoms with Crippen LogP contribution >= 0.6 is 11.8 Å². The molecule has 0 aliphatic heterocycles. The van der Waals surface area contributed by atoms with Gasteiger partial charge in [-0.15, -0.1) is 0 Å². The van der Waals surface area contributed by atoms with Crippen LogP contribution in [-0.2, 0) is 12.3 Å². The van der Waals surface area contributed by atoms with Crippen molar-refractivity contribution in [2.45, 2.75) is 19.2 Å². The van der Waals surface area contributed by atoms with Gasteiger partial charge in [-0.05, 0) is 31.2 Å². The summed E-state index contributed by atoms with van der Waals surface area (Å²) in [6.45, 7) is 2.95. The van der Waals surface area contributed by atoms with Crippen LogP contribution in [0.25, 0.3) is 5.69 Å². The van der Waals surface area contributed by atoms with Crippen molar-refractivity contribution in [3.05, 3.63) is 66.3 Å². The highest BCUT2D eigenvalue weighted by atomic mass is 32.2. The van der Waals surface area contributed by atoms with Crippen LogP contribution in [0.3, 0.4) is 0 Å². The second-order valence-corrected chi connectivity index (χ2v) is 6.06. The minimum Gasteiger partial charge on any atom is -0.334 e. The molecule has 0 saturated heterocycles. The van der Waals surface area contributed by atoms with Gasteiger partial charge in [0, 0.05) is 36.6 Å². The van der Waals surface area contributed by atoms with E-state index in [1.165, 1.54) is 12.1 Å². The summed E-state index contributed by atoms with van der Waals surface area (Å²) in [5.41, 5.74) is 1.74. The van der Waals surface area contributed by atoms with E-state index in [2.05, 4.69) is 14.6 Å². The van der Waals surface area contributed by atoms with Crippen molar-refractivity contribution in [3.63, 3.8) is 0 Å². The topological polar surface area (TPSA) is 35.6 Å². The maximum atomic E-state index is 13.2. The summed E-state index contributed by atoms with van der Waals surface area (Å²) in [7, 11) is 0. The van der Waals surface area contributed by atoms with Gasteiger partial charge < -0.3 is 4.57 Å². The summed E-state index contributed by atoms with van der Waals surface area (Å²) in [6, 6.07) is 8.41. The summed E-state index contributed by atoms with van der Waals surface area (Å²) >= 11 is 1.83. The van der Waals surface area contributed by atoms with E-state index in [-0.39, 0.29) is 5.82 Å². The van der Waals surface area contributed by atoms with Crippen LogP contribution < -0.4 is 0 Å². The highest BCUT2D eigenvalue weighted by Gasteiger charge is 2.03. The van der Waals surface area contributed by atoms with Gasteiger partial charge in [0.1, 0.15) is 11.6 Å². The van der Waals surface area contributed by atoms with Crippen molar-refractivity contribution in [2.24, 2.45) is 0 Å². The molecule has 114 valence electrons. The third-order valence-electron chi connectivity index (χ3n) is 3.37. The average Bonchev–Trinajstić information content (AvgIpc) is 3.13. The normalized spacial score (nSPS) is 11.0. The largest absolute Gasteiger partial charge is 0.334 e. The van der Waals surface area contributed by atoms with Crippen LogP contribution in [0.5, 0.6) is 0 Å². The first-order valence-electron chi connectivity index (χ1n) is 7.08. The molecule has 22 heavy (non-hydrogen) atoms. The van der Waals surface area contributed by atoms with E-state index < -0.39 is 0 Å². The summed E-state index contributed by atoms with van der Waals surface area (Å²) in [4.78, 5) is 4.20. The maximum Gasteiger partial charge on any atom is 0.125 e. The van der Waals surface area contributed by atoms with Crippen LogP contribution in [0.1, 0.15) is 11.5 Å². The number of hydrogen-bond donors (Lipinski definition) is 0. The average molecular weight is 316 g/mol. The number of aromatic nitrogens is 4. The molecular formula is C16H17FN4S. The minimum atomic E-state index is -0.250. The van der Waals surface area contributed by atoms with Gasteiger partial charge in [0.05, 0.1) is 11.4 Å². The lowest BCUT2D eigenvalue weighted by molar-refractivity contribution is 0.625. The second-order valence-electron chi connectivity index (χ2n) is 4.95. The number of aryl methyl sites for hydroxylation is 2. The SMILES string of the molecule is Cc1nccn1CCSCc1ccn(-c2cccc(F)c2)n1. The molecule has 0 saturated carbocycles. The smallest absolute Gasteiger partial charge is 0.125 e. The van der Waals surface area contributed by atoms with Gasteiger partial charge in [-0.3, -0.25) is 0 Å². The molecule has 4 nitrogen and oxygen atoms in total.